The summed E-state index contributed by atoms with van der Waals surface area (Å²) in [4.78, 5) is 24.2. The molecule has 2 rings (SSSR count). The lowest BCUT2D eigenvalue weighted by Gasteiger charge is -2.09. The van der Waals surface area contributed by atoms with Crippen molar-refractivity contribution in [3.8, 4) is 0 Å². The van der Waals surface area contributed by atoms with Gasteiger partial charge in [-0.3, -0.25) is 19.8 Å². The van der Waals surface area contributed by atoms with E-state index in [1.807, 2.05) is 6.92 Å². The summed E-state index contributed by atoms with van der Waals surface area (Å²) in [5.41, 5.74) is 0.616. The number of thiocarbonyl (C=S) groups is 1. The standard InChI is InChI=1S/C12H10N2O3S2/c1-2-13-11(15)10(19-12(13)18)7-8-4-3-5-9(6-8)14(16)17/h3-7H,2H2,1H3/b10-7+. The third kappa shape index (κ3) is 2.82. The summed E-state index contributed by atoms with van der Waals surface area (Å²) in [7, 11) is 0. The van der Waals surface area contributed by atoms with Crippen molar-refractivity contribution in [1.82, 2.24) is 4.90 Å². The molecule has 1 aliphatic rings. The lowest BCUT2D eigenvalue weighted by Crippen LogP contribution is -2.27. The molecule has 0 spiro atoms. The average Bonchev–Trinajstić information content (AvgIpc) is 2.64. The van der Waals surface area contributed by atoms with Crippen LogP contribution in [0.5, 0.6) is 0 Å². The van der Waals surface area contributed by atoms with E-state index in [0.717, 1.165) is 0 Å². The zero-order valence-corrected chi connectivity index (χ0v) is 11.7. The normalized spacial score (nSPS) is 17.3. The minimum atomic E-state index is -0.464. The number of carbonyl (C=O) groups is 1. The number of nitro groups is 1. The number of hydrogen-bond donors (Lipinski definition) is 0. The Morgan fingerprint density at radius 2 is 2.26 bits per heavy atom. The number of nitrogens with zero attached hydrogens (tertiary/aromatic N) is 2. The maximum Gasteiger partial charge on any atom is 0.270 e. The molecule has 5 nitrogen and oxygen atoms in total. The molecule has 1 saturated heterocycles. The van der Waals surface area contributed by atoms with E-state index in [4.69, 9.17) is 12.2 Å². The number of thioether (sulfide) groups is 1. The van der Waals surface area contributed by atoms with Gasteiger partial charge >= 0.3 is 0 Å². The minimum absolute atomic E-state index is 0.000259. The second-order valence-corrected chi connectivity index (χ2v) is 5.45. The molecule has 1 aromatic carbocycles. The Bertz CT molecular complexity index is 598. The van der Waals surface area contributed by atoms with Crippen LogP contribution in [0.15, 0.2) is 29.2 Å². The largest absolute Gasteiger partial charge is 0.293 e. The molecule has 7 heteroatoms. The molecule has 1 aliphatic heterocycles. The first-order valence-electron chi connectivity index (χ1n) is 5.52. The molecule has 1 fully saturated rings. The zero-order chi connectivity index (χ0) is 14.0. The van der Waals surface area contributed by atoms with Crippen molar-refractivity contribution >= 4 is 46.0 Å². The van der Waals surface area contributed by atoms with Crippen LogP contribution in [0.3, 0.4) is 0 Å². The second-order valence-electron chi connectivity index (χ2n) is 3.78. The van der Waals surface area contributed by atoms with E-state index < -0.39 is 4.92 Å². The van der Waals surface area contributed by atoms with Crippen molar-refractivity contribution in [2.45, 2.75) is 6.92 Å². The Balaban J connectivity index is 2.32. The van der Waals surface area contributed by atoms with Crippen molar-refractivity contribution in [3.05, 3.63) is 44.8 Å². The van der Waals surface area contributed by atoms with Gasteiger partial charge in [-0.15, -0.1) is 0 Å². The molecule has 0 aliphatic carbocycles. The van der Waals surface area contributed by atoms with Gasteiger partial charge in [0.2, 0.25) is 0 Å². The van der Waals surface area contributed by atoms with Crippen LogP contribution in [0, 0.1) is 10.1 Å². The Morgan fingerprint density at radius 3 is 2.84 bits per heavy atom. The van der Waals surface area contributed by atoms with Crippen LogP contribution in [0.2, 0.25) is 0 Å². The Hall–Kier alpha value is -1.73. The number of hydrogen-bond acceptors (Lipinski definition) is 5. The first kappa shape index (κ1) is 13.7. The van der Waals surface area contributed by atoms with Crippen LogP contribution in [0.1, 0.15) is 12.5 Å². The van der Waals surface area contributed by atoms with Gasteiger partial charge in [0.15, 0.2) is 0 Å². The van der Waals surface area contributed by atoms with Crippen LogP contribution in [0.4, 0.5) is 5.69 Å². The van der Waals surface area contributed by atoms with Crippen LogP contribution in [-0.4, -0.2) is 26.6 Å². The number of rotatable bonds is 3. The van der Waals surface area contributed by atoms with Gasteiger partial charge in [0.25, 0.3) is 11.6 Å². The van der Waals surface area contributed by atoms with Gasteiger partial charge in [-0.2, -0.15) is 0 Å². The third-order valence-electron chi connectivity index (χ3n) is 2.57. The Kier molecular flexibility index (Phi) is 3.96. The third-order valence-corrected chi connectivity index (χ3v) is 3.95. The van der Waals surface area contributed by atoms with Crippen molar-refractivity contribution in [1.29, 1.82) is 0 Å². The summed E-state index contributed by atoms with van der Waals surface area (Å²) in [5.74, 6) is -0.149. The maximum absolute atomic E-state index is 12.0. The topological polar surface area (TPSA) is 63.5 Å². The predicted octanol–water partition coefficient (Wildman–Crippen LogP) is 2.82. The van der Waals surface area contributed by atoms with E-state index in [1.54, 1.807) is 18.2 Å². The summed E-state index contributed by atoms with van der Waals surface area (Å²) < 4.78 is 0.518. The fraction of sp³-hybridized carbons (Fsp3) is 0.167. The SMILES string of the molecule is CCN1C(=O)/C(=C\c2cccc([N+](=O)[O-])c2)SC1=S. The molecule has 0 aromatic heterocycles. The Labute approximate surface area is 119 Å². The minimum Gasteiger partial charge on any atom is -0.293 e. The number of carbonyl (C=O) groups excluding carboxylic acids is 1. The van der Waals surface area contributed by atoms with Crippen LogP contribution < -0.4 is 0 Å². The van der Waals surface area contributed by atoms with Gasteiger partial charge in [0, 0.05) is 18.7 Å². The van der Waals surface area contributed by atoms with Gasteiger partial charge in [-0.05, 0) is 18.6 Å². The molecule has 0 unspecified atom stereocenters. The van der Waals surface area contributed by atoms with Crippen molar-refractivity contribution in [3.63, 3.8) is 0 Å². The molecule has 0 atom stereocenters. The smallest absolute Gasteiger partial charge is 0.270 e. The molecule has 1 aromatic rings. The summed E-state index contributed by atoms with van der Waals surface area (Å²) in [6, 6.07) is 6.14. The highest BCUT2D eigenvalue weighted by molar-refractivity contribution is 8.26. The predicted molar refractivity (Wildman–Crippen MR) is 78.6 cm³/mol. The highest BCUT2D eigenvalue weighted by Crippen LogP contribution is 2.32. The molecule has 98 valence electrons. The summed E-state index contributed by atoms with van der Waals surface area (Å²) in [6.45, 7) is 2.37. The molecule has 1 heterocycles. The molecule has 0 saturated carbocycles. The number of benzene rings is 1. The summed E-state index contributed by atoms with van der Waals surface area (Å²) >= 11 is 6.31. The molecular formula is C12H10N2O3S2. The highest BCUT2D eigenvalue weighted by Gasteiger charge is 2.30. The number of likely N-dealkylation sites (N-methyl/N-ethyl adjacent to an activating group) is 1. The first-order valence-corrected chi connectivity index (χ1v) is 6.75. The van der Waals surface area contributed by atoms with Gasteiger partial charge in [-0.1, -0.05) is 36.1 Å². The van der Waals surface area contributed by atoms with E-state index in [-0.39, 0.29) is 11.6 Å². The Morgan fingerprint density at radius 1 is 1.53 bits per heavy atom. The van der Waals surface area contributed by atoms with Crippen molar-refractivity contribution < 1.29 is 9.72 Å². The molecule has 0 bridgehead atoms. The monoisotopic (exact) mass is 294 g/mol. The lowest BCUT2D eigenvalue weighted by atomic mass is 10.2. The van der Waals surface area contributed by atoms with E-state index in [9.17, 15) is 14.9 Å². The van der Waals surface area contributed by atoms with Gasteiger partial charge in [-0.25, -0.2) is 0 Å². The van der Waals surface area contributed by atoms with Crippen molar-refractivity contribution in [2.75, 3.05) is 6.54 Å². The molecule has 0 radical (unpaired) electrons. The van der Waals surface area contributed by atoms with Crippen LogP contribution in [-0.2, 0) is 4.79 Å². The number of nitro benzene ring substituents is 1. The second kappa shape index (κ2) is 5.50. The lowest BCUT2D eigenvalue weighted by molar-refractivity contribution is -0.384. The van der Waals surface area contributed by atoms with E-state index in [1.165, 1.54) is 28.8 Å². The first-order chi connectivity index (χ1) is 9.02. The number of amides is 1. The summed E-state index contributed by atoms with van der Waals surface area (Å²) in [6.07, 6.45) is 1.63. The zero-order valence-electron chi connectivity index (χ0n) is 10.0. The fourth-order valence-electron chi connectivity index (χ4n) is 1.65. The molecule has 19 heavy (non-hydrogen) atoms. The van der Waals surface area contributed by atoms with E-state index in [0.29, 0.717) is 21.3 Å². The molecule has 0 N–H and O–H groups in total. The van der Waals surface area contributed by atoms with Gasteiger partial charge in [0.1, 0.15) is 4.32 Å². The average molecular weight is 294 g/mol. The fourth-order valence-corrected chi connectivity index (χ4v) is 3.04. The highest BCUT2D eigenvalue weighted by atomic mass is 32.2. The van der Waals surface area contributed by atoms with E-state index >= 15 is 0 Å². The van der Waals surface area contributed by atoms with Crippen LogP contribution in [0.25, 0.3) is 6.08 Å². The summed E-state index contributed by atoms with van der Waals surface area (Å²) in [5, 5.41) is 10.7. The van der Waals surface area contributed by atoms with Gasteiger partial charge < -0.3 is 0 Å². The molecule has 1 amide bonds. The maximum atomic E-state index is 12.0. The van der Waals surface area contributed by atoms with Gasteiger partial charge in [0.05, 0.1) is 9.83 Å². The van der Waals surface area contributed by atoms with Crippen molar-refractivity contribution in [2.24, 2.45) is 0 Å². The van der Waals surface area contributed by atoms with E-state index in [2.05, 4.69) is 0 Å². The number of non-ortho nitro benzene ring substituents is 1. The molecular weight excluding hydrogens is 284 g/mol. The quantitative estimate of drug-likeness (QED) is 0.371. The van der Waals surface area contributed by atoms with Crippen LogP contribution >= 0.6 is 24.0 Å².